The fourth-order valence-electron chi connectivity index (χ4n) is 2.62. The third kappa shape index (κ3) is 2.54. The van der Waals surface area contributed by atoms with Crippen molar-refractivity contribution in [2.24, 2.45) is 0 Å². The maximum atomic E-state index is 12.1. The third-order valence-electron chi connectivity index (χ3n) is 4.05. The lowest BCUT2D eigenvalue weighted by Gasteiger charge is -2.32. The maximum absolute atomic E-state index is 12.1. The molecule has 1 aliphatic heterocycles. The van der Waals surface area contributed by atoms with E-state index < -0.39 is 6.10 Å². The molecule has 1 saturated carbocycles. The fourth-order valence-corrected chi connectivity index (χ4v) is 2.62. The van der Waals surface area contributed by atoms with E-state index in [2.05, 4.69) is 10.6 Å². The topological polar surface area (TPSA) is 78.4 Å². The Morgan fingerprint density at radius 3 is 2.85 bits per heavy atom. The summed E-state index contributed by atoms with van der Waals surface area (Å²) in [6.45, 7) is 0. The molecule has 3 N–H and O–H groups in total. The van der Waals surface area contributed by atoms with Gasteiger partial charge in [0.25, 0.3) is 5.91 Å². The van der Waals surface area contributed by atoms with Crippen molar-refractivity contribution in [3.63, 3.8) is 0 Å². The number of hydrogen-bond acceptors (Lipinski definition) is 3. The minimum Gasteiger partial charge on any atom is -0.391 e. The van der Waals surface area contributed by atoms with Crippen LogP contribution in [0.25, 0.3) is 0 Å². The van der Waals surface area contributed by atoms with Gasteiger partial charge < -0.3 is 15.7 Å². The standard InChI is InChI=1S/C15H18N2O3/c18-13-7-6-12(13)17-15(20)10-4-5-11-9(8-10)2-1-3-14(19)16-11/h4-5,8,12-13,18H,1-3,6-7H2,(H,16,19)(H,17,20)/t12-,13-/m1/s1. The number of nitrogens with one attached hydrogen (secondary N) is 2. The zero-order valence-corrected chi connectivity index (χ0v) is 11.2. The summed E-state index contributed by atoms with van der Waals surface area (Å²) in [5, 5.41) is 15.2. The minimum atomic E-state index is -0.418. The highest BCUT2D eigenvalue weighted by atomic mass is 16.3. The predicted molar refractivity (Wildman–Crippen MR) is 74.5 cm³/mol. The number of aryl methyl sites for hydroxylation is 1. The van der Waals surface area contributed by atoms with Gasteiger partial charge in [0.2, 0.25) is 5.91 Å². The molecule has 0 spiro atoms. The number of aliphatic hydroxyl groups is 1. The fraction of sp³-hybridized carbons (Fsp3) is 0.467. The van der Waals surface area contributed by atoms with Crippen molar-refractivity contribution in [2.45, 2.75) is 44.2 Å². The van der Waals surface area contributed by atoms with E-state index in [1.54, 1.807) is 12.1 Å². The monoisotopic (exact) mass is 274 g/mol. The molecule has 0 bridgehead atoms. The lowest BCUT2D eigenvalue weighted by molar-refractivity contribution is -0.116. The molecule has 5 nitrogen and oxygen atoms in total. The van der Waals surface area contributed by atoms with E-state index in [-0.39, 0.29) is 17.9 Å². The summed E-state index contributed by atoms with van der Waals surface area (Å²) in [5.41, 5.74) is 2.38. The first kappa shape index (κ1) is 13.1. The van der Waals surface area contributed by atoms with E-state index in [1.807, 2.05) is 6.07 Å². The van der Waals surface area contributed by atoms with Crippen LogP contribution in [0.1, 0.15) is 41.6 Å². The molecule has 106 valence electrons. The molecule has 0 saturated heterocycles. The Balaban J connectivity index is 1.76. The number of amides is 2. The van der Waals surface area contributed by atoms with E-state index in [4.69, 9.17) is 0 Å². The van der Waals surface area contributed by atoms with Crippen molar-refractivity contribution >= 4 is 17.5 Å². The SMILES string of the molecule is O=C1CCCc2cc(C(=O)N[C@@H]3CC[C@H]3O)ccc2N1. The van der Waals surface area contributed by atoms with Gasteiger partial charge in [-0.05, 0) is 49.4 Å². The average Bonchev–Trinajstić information content (AvgIpc) is 2.62. The van der Waals surface area contributed by atoms with Crippen LogP contribution < -0.4 is 10.6 Å². The molecule has 3 rings (SSSR count). The predicted octanol–water partition coefficient (Wildman–Crippen LogP) is 1.21. The molecule has 1 heterocycles. The Bertz CT molecular complexity index is 556. The Morgan fingerprint density at radius 1 is 1.30 bits per heavy atom. The van der Waals surface area contributed by atoms with Gasteiger partial charge in [0, 0.05) is 17.7 Å². The molecular weight excluding hydrogens is 256 g/mol. The second-order valence-corrected chi connectivity index (χ2v) is 5.50. The molecule has 2 atom stereocenters. The summed E-state index contributed by atoms with van der Waals surface area (Å²) in [6, 6.07) is 5.21. The van der Waals surface area contributed by atoms with Crippen LogP contribution in [0.15, 0.2) is 18.2 Å². The normalized spacial score (nSPS) is 24.9. The molecule has 2 aliphatic rings. The van der Waals surface area contributed by atoms with Crippen molar-refractivity contribution in [3.05, 3.63) is 29.3 Å². The largest absolute Gasteiger partial charge is 0.391 e. The molecule has 1 fully saturated rings. The first-order chi connectivity index (χ1) is 9.63. The first-order valence-electron chi connectivity index (χ1n) is 7.05. The Hall–Kier alpha value is -1.88. The summed E-state index contributed by atoms with van der Waals surface area (Å²) >= 11 is 0. The van der Waals surface area contributed by atoms with E-state index in [0.717, 1.165) is 36.9 Å². The molecule has 1 aromatic carbocycles. The second kappa shape index (κ2) is 5.25. The minimum absolute atomic E-state index is 0.0264. The number of fused-ring (bicyclic) bond motifs is 1. The summed E-state index contributed by atoms with van der Waals surface area (Å²) in [7, 11) is 0. The van der Waals surface area contributed by atoms with Gasteiger partial charge in [0.05, 0.1) is 12.1 Å². The van der Waals surface area contributed by atoms with E-state index >= 15 is 0 Å². The Morgan fingerprint density at radius 2 is 2.15 bits per heavy atom. The number of aliphatic hydroxyl groups excluding tert-OH is 1. The smallest absolute Gasteiger partial charge is 0.251 e. The third-order valence-corrected chi connectivity index (χ3v) is 4.05. The van der Waals surface area contributed by atoms with Gasteiger partial charge >= 0.3 is 0 Å². The number of carbonyl (C=O) groups excluding carboxylic acids is 2. The van der Waals surface area contributed by atoms with Crippen molar-refractivity contribution in [2.75, 3.05) is 5.32 Å². The van der Waals surface area contributed by atoms with Crippen LogP contribution in [-0.4, -0.2) is 29.1 Å². The van der Waals surface area contributed by atoms with Crippen LogP contribution in [0.5, 0.6) is 0 Å². The number of carbonyl (C=O) groups is 2. The van der Waals surface area contributed by atoms with Gasteiger partial charge in [0.15, 0.2) is 0 Å². The summed E-state index contributed by atoms with van der Waals surface area (Å²) in [5.74, 6) is -0.134. The van der Waals surface area contributed by atoms with Gasteiger partial charge in [0.1, 0.15) is 0 Å². The van der Waals surface area contributed by atoms with Crippen LogP contribution in [0.2, 0.25) is 0 Å². The van der Waals surface area contributed by atoms with Crippen LogP contribution in [-0.2, 0) is 11.2 Å². The van der Waals surface area contributed by atoms with E-state index in [0.29, 0.717) is 12.0 Å². The molecule has 1 aromatic rings. The van der Waals surface area contributed by atoms with Gasteiger partial charge in [-0.3, -0.25) is 9.59 Å². The average molecular weight is 274 g/mol. The second-order valence-electron chi connectivity index (χ2n) is 5.50. The van der Waals surface area contributed by atoms with Gasteiger partial charge in [-0.2, -0.15) is 0 Å². The van der Waals surface area contributed by atoms with Crippen LogP contribution >= 0.6 is 0 Å². The van der Waals surface area contributed by atoms with Gasteiger partial charge in [-0.1, -0.05) is 0 Å². The Kier molecular flexibility index (Phi) is 3.44. The van der Waals surface area contributed by atoms with Gasteiger partial charge in [-0.15, -0.1) is 0 Å². The molecular formula is C15H18N2O3. The molecule has 5 heteroatoms. The molecule has 20 heavy (non-hydrogen) atoms. The zero-order chi connectivity index (χ0) is 14.1. The van der Waals surface area contributed by atoms with Crippen molar-refractivity contribution in [1.29, 1.82) is 0 Å². The summed E-state index contributed by atoms with van der Waals surface area (Å²) < 4.78 is 0. The highest BCUT2D eigenvalue weighted by molar-refractivity contribution is 5.97. The van der Waals surface area contributed by atoms with Crippen LogP contribution in [0, 0.1) is 0 Å². The van der Waals surface area contributed by atoms with Crippen LogP contribution in [0.4, 0.5) is 5.69 Å². The molecule has 1 aliphatic carbocycles. The number of anilines is 1. The van der Waals surface area contributed by atoms with Crippen molar-refractivity contribution in [3.8, 4) is 0 Å². The molecule has 0 radical (unpaired) electrons. The summed E-state index contributed by atoms with van der Waals surface area (Å²) in [6.07, 6.45) is 3.27. The molecule has 0 aromatic heterocycles. The number of benzene rings is 1. The van der Waals surface area contributed by atoms with Gasteiger partial charge in [-0.25, -0.2) is 0 Å². The lowest BCUT2D eigenvalue weighted by Crippen LogP contribution is -2.50. The summed E-state index contributed by atoms with van der Waals surface area (Å²) in [4.78, 5) is 23.6. The molecule has 0 unspecified atom stereocenters. The van der Waals surface area contributed by atoms with Crippen LogP contribution in [0.3, 0.4) is 0 Å². The number of hydrogen-bond donors (Lipinski definition) is 3. The lowest BCUT2D eigenvalue weighted by atomic mass is 9.89. The first-order valence-corrected chi connectivity index (χ1v) is 7.05. The zero-order valence-electron chi connectivity index (χ0n) is 11.2. The highest BCUT2D eigenvalue weighted by Gasteiger charge is 2.30. The number of rotatable bonds is 2. The maximum Gasteiger partial charge on any atom is 0.251 e. The Labute approximate surface area is 117 Å². The molecule has 2 amide bonds. The van der Waals surface area contributed by atoms with E-state index in [9.17, 15) is 14.7 Å². The highest BCUT2D eigenvalue weighted by Crippen LogP contribution is 2.24. The van der Waals surface area contributed by atoms with Crippen molar-refractivity contribution in [1.82, 2.24) is 5.32 Å². The van der Waals surface area contributed by atoms with Crippen molar-refractivity contribution < 1.29 is 14.7 Å². The quantitative estimate of drug-likeness (QED) is 0.758. The van der Waals surface area contributed by atoms with E-state index in [1.165, 1.54) is 0 Å².